The molecule has 1 fully saturated rings. The van der Waals surface area contributed by atoms with Crippen molar-refractivity contribution in [2.75, 3.05) is 49.8 Å². The van der Waals surface area contributed by atoms with Crippen LogP contribution in [0.4, 0.5) is 5.69 Å². The molecule has 1 saturated heterocycles. The summed E-state index contributed by atoms with van der Waals surface area (Å²) in [5.41, 5.74) is 1.50. The van der Waals surface area contributed by atoms with Gasteiger partial charge in [0, 0.05) is 26.2 Å². The molecule has 0 saturated carbocycles. The van der Waals surface area contributed by atoms with E-state index in [4.69, 9.17) is 4.74 Å². The Labute approximate surface area is 178 Å². The van der Waals surface area contributed by atoms with E-state index in [1.165, 1.54) is 0 Å². The number of rotatable bonds is 8. The van der Waals surface area contributed by atoms with E-state index in [2.05, 4.69) is 11.8 Å². The average Bonchev–Trinajstić information content (AvgIpc) is 2.76. The predicted molar refractivity (Wildman–Crippen MR) is 118 cm³/mol. The predicted octanol–water partition coefficient (Wildman–Crippen LogP) is 2.20. The summed E-state index contributed by atoms with van der Waals surface area (Å²) in [7, 11) is -3.60. The van der Waals surface area contributed by atoms with Crippen molar-refractivity contribution in [2.24, 2.45) is 0 Å². The van der Waals surface area contributed by atoms with Gasteiger partial charge in [0.15, 0.2) is 0 Å². The zero-order valence-electron chi connectivity index (χ0n) is 17.5. The lowest BCUT2D eigenvalue weighted by Gasteiger charge is -2.35. The summed E-state index contributed by atoms with van der Waals surface area (Å²) in [4.78, 5) is 16.7. The van der Waals surface area contributed by atoms with Gasteiger partial charge < -0.3 is 14.5 Å². The summed E-state index contributed by atoms with van der Waals surface area (Å²) in [6.45, 7) is 6.15. The highest BCUT2D eigenvalue weighted by Gasteiger charge is 2.26. The number of hydrogen-bond donors (Lipinski definition) is 0. The number of ether oxygens (including phenoxy) is 1. The number of sulfonamides is 1. The summed E-state index contributed by atoms with van der Waals surface area (Å²) < 4.78 is 31.6. The zero-order chi connectivity index (χ0) is 21.6. The van der Waals surface area contributed by atoms with Crippen molar-refractivity contribution in [1.82, 2.24) is 9.80 Å². The van der Waals surface area contributed by atoms with Gasteiger partial charge in [0.1, 0.15) is 18.9 Å². The minimum atomic E-state index is -3.60. The van der Waals surface area contributed by atoms with E-state index in [0.717, 1.165) is 35.8 Å². The lowest BCUT2D eigenvalue weighted by atomic mass is 10.2. The maximum Gasteiger partial charge on any atom is 0.243 e. The molecule has 0 unspecified atom stereocenters. The molecule has 8 heteroatoms. The van der Waals surface area contributed by atoms with Crippen molar-refractivity contribution >= 4 is 21.6 Å². The van der Waals surface area contributed by atoms with E-state index in [1.54, 1.807) is 29.2 Å². The van der Waals surface area contributed by atoms with Crippen LogP contribution in [-0.2, 0) is 21.4 Å². The first kappa shape index (κ1) is 22.1. The van der Waals surface area contributed by atoms with Gasteiger partial charge in [-0.2, -0.15) is 0 Å². The monoisotopic (exact) mass is 431 g/mol. The largest absolute Gasteiger partial charge is 0.489 e. The van der Waals surface area contributed by atoms with Crippen LogP contribution in [0.15, 0.2) is 54.6 Å². The highest BCUT2D eigenvalue weighted by molar-refractivity contribution is 7.92. The number of benzene rings is 2. The van der Waals surface area contributed by atoms with Crippen LogP contribution in [0, 0.1) is 0 Å². The molecule has 0 radical (unpaired) electrons. The van der Waals surface area contributed by atoms with Gasteiger partial charge in [-0.05, 0) is 36.4 Å². The van der Waals surface area contributed by atoms with E-state index in [9.17, 15) is 13.2 Å². The number of hydrogen-bond acceptors (Lipinski definition) is 5. The molecule has 0 atom stereocenters. The highest BCUT2D eigenvalue weighted by Crippen LogP contribution is 2.22. The summed E-state index contributed by atoms with van der Waals surface area (Å²) in [5.74, 6) is 0.457. The van der Waals surface area contributed by atoms with Gasteiger partial charge in [-0.15, -0.1) is 0 Å². The van der Waals surface area contributed by atoms with Gasteiger partial charge >= 0.3 is 0 Å². The van der Waals surface area contributed by atoms with Gasteiger partial charge in [-0.25, -0.2) is 8.42 Å². The fourth-order valence-electron chi connectivity index (χ4n) is 3.39. The molecule has 0 spiro atoms. The maximum absolute atomic E-state index is 12.7. The van der Waals surface area contributed by atoms with Crippen LogP contribution < -0.4 is 9.04 Å². The quantitative estimate of drug-likeness (QED) is 0.641. The van der Waals surface area contributed by atoms with Crippen LogP contribution in [0.25, 0.3) is 0 Å². The van der Waals surface area contributed by atoms with Crippen LogP contribution >= 0.6 is 0 Å². The van der Waals surface area contributed by atoms with Crippen molar-refractivity contribution in [3.8, 4) is 5.75 Å². The molecular weight excluding hydrogens is 402 g/mol. The van der Waals surface area contributed by atoms with Gasteiger partial charge in [-0.1, -0.05) is 37.3 Å². The summed E-state index contributed by atoms with van der Waals surface area (Å²) in [6, 6.07) is 16.6. The van der Waals surface area contributed by atoms with E-state index in [0.29, 0.717) is 31.1 Å². The Hall–Kier alpha value is -2.58. The average molecular weight is 432 g/mol. The first-order valence-electron chi connectivity index (χ1n) is 10.1. The van der Waals surface area contributed by atoms with Crippen LogP contribution in [0.5, 0.6) is 5.75 Å². The minimum absolute atomic E-state index is 0.180. The fourth-order valence-corrected chi connectivity index (χ4v) is 4.24. The van der Waals surface area contributed by atoms with Crippen molar-refractivity contribution in [3.05, 3.63) is 60.2 Å². The molecule has 1 amide bonds. The molecule has 162 valence electrons. The molecule has 30 heavy (non-hydrogen) atoms. The minimum Gasteiger partial charge on any atom is -0.489 e. The fraction of sp³-hybridized carbons (Fsp3) is 0.409. The van der Waals surface area contributed by atoms with Crippen LogP contribution in [0.3, 0.4) is 0 Å². The number of carbonyl (C=O) groups excluding carboxylic acids is 1. The Balaban J connectivity index is 1.64. The van der Waals surface area contributed by atoms with Crippen molar-refractivity contribution in [1.29, 1.82) is 0 Å². The molecule has 2 aromatic carbocycles. The third kappa shape index (κ3) is 5.96. The van der Waals surface area contributed by atoms with Crippen LogP contribution in [-0.4, -0.2) is 69.6 Å². The molecule has 0 N–H and O–H groups in total. The maximum atomic E-state index is 12.7. The number of anilines is 1. The molecule has 7 nitrogen and oxygen atoms in total. The molecule has 3 rings (SSSR count). The second kappa shape index (κ2) is 9.95. The lowest BCUT2D eigenvalue weighted by Crippen LogP contribution is -2.51. The zero-order valence-corrected chi connectivity index (χ0v) is 18.3. The molecule has 0 bridgehead atoms. The third-order valence-corrected chi connectivity index (χ3v) is 6.37. The molecule has 1 heterocycles. The molecule has 2 aromatic rings. The standard InChI is InChI=1S/C22H29N3O4S/c1-3-23-13-15-24(16-14-23)22(26)17-25(30(2,27)28)20-9-11-21(12-10-20)29-18-19-7-5-4-6-8-19/h4-12H,3,13-18H2,1-2H3. The number of carbonyl (C=O) groups is 1. The molecule has 1 aliphatic rings. The number of amides is 1. The normalized spacial score (nSPS) is 15.1. The van der Waals surface area contributed by atoms with E-state index >= 15 is 0 Å². The third-order valence-electron chi connectivity index (χ3n) is 5.22. The van der Waals surface area contributed by atoms with E-state index in [-0.39, 0.29) is 12.5 Å². The van der Waals surface area contributed by atoms with E-state index < -0.39 is 10.0 Å². The SMILES string of the molecule is CCN1CCN(C(=O)CN(c2ccc(OCc3ccccc3)cc2)S(C)(=O)=O)CC1. The molecular formula is C22H29N3O4S. The van der Waals surface area contributed by atoms with Crippen LogP contribution in [0.1, 0.15) is 12.5 Å². The Morgan fingerprint density at radius 1 is 1.00 bits per heavy atom. The number of piperazine rings is 1. The second-order valence-corrected chi connectivity index (χ2v) is 9.26. The van der Waals surface area contributed by atoms with Crippen molar-refractivity contribution < 1.29 is 17.9 Å². The smallest absolute Gasteiger partial charge is 0.243 e. The Bertz CT molecular complexity index is 925. The summed E-state index contributed by atoms with van der Waals surface area (Å²) >= 11 is 0. The van der Waals surface area contributed by atoms with Crippen molar-refractivity contribution in [3.63, 3.8) is 0 Å². The first-order valence-corrected chi connectivity index (χ1v) is 12.0. The first-order chi connectivity index (χ1) is 14.4. The van der Waals surface area contributed by atoms with Gasteiger partial charge in [0.05, 0.1) is 11.9 Å². The molecule has 0 aliphatic carbocycles. The van der Waals surface area contributed by atoms with E-state index in [1.807, 2.05) is 30.3 Å². The van der Waals surface area contributed by atoms with Gasteiger partial charge in [0.25, 0.3) is 0 Å². The highest BCUT2D eigenvalue weighted by atomic mass is 32.2. The lowest BCUT2D eigenvalue weighted by molar-refractivity contribution is -0.131. The Kier molecular flexibility index (Phi) is 7.33. The number of likely N-dealkylation sites (N-methyl/N-ethyl adjacent to an activating group) is 1. The Morgan fingerprint density at radius 3 is 2.20 bits per heavy atom. The van der Waals surface area contributed by atoms with Gasteiger partial charge in [-0.3, -0.25) is 9.10 Å². The molecule has 1 aliphatic heterocycles. The number of nitrogens with zero attached hydrogens (tertiary/aromatic N) is 3. The second-order valence-electron chi connectivity index (χ2n) is 7.35. The van der Waals surface area contributed by atoms with Crippen LogP contribution in [0.2, 0.25) is 0 Å². The summed E-state index contributed by atoms with van der Waals surface area (Å²) in [5, 5.41) is 0. The van der Waals surface area contributed by atoms with Crippen molar-refractivity contribution in [2.45, 2.75) is 13.5 Å². The topological polar surface area (TPSA) is 70.2 Å². The Morgan fingerprint density at radius 2 is 1.63 bits per heavy atom. The van der Waals surface area contributed by atoms with Gasteiger partial charge in [0.2, 0.25) is 15.9 Å². The molecule has 0 aromatic heterocycles. The summed E-state index contributed by atoms with van der Waals surface area (Å²) in [6.07, 6.45) is 1.12.